The second-order valence-corrected chi connectivity index (χ2v) is 7.87. The minimum atomic E-state index is 0.0781. The molecule has 7 heteroatoms. The van der Waals surface area contributed by atoms with E-state index in [4.69, 9.17) is 4.42 Å². The summed E-state index contributed by atoms with van der Waals surface area (Å²) in [5.41, 5.74) is 4.70. The lowest BCUT2D eigenvalue weighted by atomic mass is 10.2. The molecule has 29 heavy (non-hydrogen) atoms. The zero-order valence-corrected chi connectivity index (χ0v) is 17.7. The summed E-state index contributed by atoms with van der Waals surface area (Å²) in [7, 11) is 1.90. The van der Waals surface area contributed by atoms with Crippen molar-refractivity contribution in [2.24, 2.45) is 7.05 Å². The molecule has 148 valence electrons. The van der Waals surface area contributed by atoms with Crippen molar-refractivity contribution in [1.29, 1.82) is 0 Å². The van der Waals surface area contributed by atoms with Crippen LogP contribution in [-0.4, -0.2) is 30.9 Å². The summed E-state index contributed by atoms with van der Waals surface area (Å²) < 4.78 is 9.36. The van der Waals surface area contributed by atoms with Gasteiger partial charge in [0.2, 0.25) is 0 Å². The van der Waals surface area contributed by atoms with Gasteiger partial charge in [-0.3, -0.25) is 4.79 Å². The zero-order valence-electron chi connectivity index (χ0n) is 16.8. The SMILES string of the molecule is Cc1occc1-c1nnc(SCC(=O)c2cc(C)n(-c3ccccc3)c2C)n1C. The lowest BCUT2D eigenvalue weighted by Crippen LogP contribution is -2.06. The number of para-hydroxylation sites is 1. The standard InChI is InChI=1S/C22H22N4O2S/c1-14-12-19(15(2)26(14)17-8-6-5-7-9-17)20(27)13-29-22-24-23-21(25(22)4)18-10-11-28-16(18)3/h5-12H,13H2,1-4H3. The van der Waals surface area contributed by atoms with E-state index in [1.165, 1.54) is 11.8 Å². The number of ketones is 1. The van der Waals surface area contributed by atoms with Gasteiger partial charge in [0, 0.05) is 29.7 Å². The highest BCUT2D eigenvalue weighted by Crippen LogP contribution is 2.27. The van der Waals surface area contributed by atoms with Crippen LogP contribution in [0.2, 0.25) is 0 Å². The molecule has 1 aromatic carbocycles. The minimum absolute atomic E-state index is 0.0781. The number of rotatable bonds is 6. The van der Waals surface area contributed by atoms with E-state index in [1.54, 1.807) is 6.26 Å². The largest absolute Gasteiger partial charge is 0.469 e. The van der Waals surface area contributed by atoms with Gasteiger partial charge >= 0.3 is 0 Å². The van der Waals surface area contributed by atoms with Crippen molar-refractivity contribution in [2.45, 2.75) is 25.9 Å². The van der Waals surface area contributed by atoms with Crippen LogP contribution in [0.4, 0.5) is 0 Å². The van der Waals surface area contributed by atoms with Crippen molar-refractivity contribution >= 4 is 17.5 Å². The van der Waals surface area contributed by atoms with Gasteiger partial charge in [0.15, 0.2) is 16.8 Å². The maximum Gasteiger partial charge on any atom is 0.191 e. The minimum Gasteiger partial charge on any atom is -0.469 e. The highest BCUT2D eigenvalue weighted by atomic mass is 32.2. The van der Waals surface area contributed by atoms with Crippen LogP contribution >= 0.6 is 11.8 Å². The van der Waals surface area contributed by atoms with Crippen LogP contribution < -0.4 is 0 Å². The molecule has 6 nitrogen and oxygen atoms in total. The van der Waals surface area contributed by atoms with Gasteiger partial charge < -0.3 is 13.6 Å². The zero-order chi connectivity index (χ0) is 20.5. The van der Waals surface area contributed by atoms with E-state index < -0.39 is 0 Å². The maximum absolute atomic E-state index is 12.9. The molecule has 0 aliphatic heterocycles. The van der Waals surface area contributed by atoms with Crippen molar-refractivity contribution in [3.63, 3.8) is 0 Å². The Hall–Kier alpha value is -3.06. The number of aryl methyl sites for hydroxylation is 2. The highest BCUT2D eigenvalue weighted by molar-refractivity contribution is 7.99. The van der Waals surface area contributed by atoms with E-state index in [2.05, 4.69) is 14.8 Å². The van der Waals surface area contributed by atoms with Gasteiger partial charge in [0.05, 0.1) is 17.6 Å². The number of thioether (sulfide) groups is 1. The molecule has 3 heterocycles. The Labute approximate surface area is 173 Å². The molecule has 0 fully saturated rings. The average molecular weight is 407 g/mol. The molecule has 0 amide bonds. The summed E-state index contributed by atoms with van der Waals surface area (Å²) in [6.07, 6.45) is 1.64. The van der Waals surface area contributed by atoms with Crippen molar-refractivity contribution < 1.29 is 9.21 Å². The molecule has 0 unspecified atom stereocenters. The van der Waals surface area contributed by atoms with E-state index in [-0.39, 0.29) is 5.78 Å². The van der Waals surface area contributed by atoms with E-state index in [0.29, 0.717) is 10.9 Å². The number of hydrogen-bond acceptors (Lipinski definition) is 5. The summed E-state index contributed by atoms with van der Waals surface area (Å²) in [5, 5.41) is 9.21. The van der Waals surface area contributed by atoms with Crippen LogP contribution in [0.25, 0.3) is 17.1 Å². The topological polar surface area (TPSA) is 65.8 Å². The van der Waals surface area contributed by atoms with Gasteiger partial charge in [-0.1, -0.05) is 30.0 Å². The molecule has 4 aromatic rings. The van der Waals surface area contributed by atoms with E-state index in [1.807, 2.05) is 74.9 Å². The highest BCUT2D eigenvalue weighted by Gasteiger charge is 2.19. The average Bonchev–Trinajstić information content (AvgIpc) is 3.38. The molecule has 0 bridgehead atoms. The number of furan rings is 1. The number of Topliss-reactive ketones (excluding diaryl/α,β-unsaturated/α-hetero) is 1. The molecular weight excluding hydrogens is 384 g/mol. The van der Waals surface area contributed by atoms with Crippen LogP contribution in [0.3, 0.4) is 0 Å². The first-order valence-electron chi connectivity index (χ1n) is 9.31. The molecule has 0 N–H and O–H groups in total. The molecule has 0 aliphatic rings. The van der Waals surface area contributed by atoms with E-state index >= 15 is 0 Å². The Morgan fingerprint density at radius 2 is 1.86 bits per heavy atom. The Balaban J connectivity index is 1.53. The third-order valence-electron chi connectivity index (χ3n) is 5.01. The van der Waals surface area contributed by atoms with Crippen LogP contribution in [0.1, 0.15) is 27.5 Å². The smallest absolute Gasteiger partial charge is 0.191 e. The van der Waals surface area contributed by atoms with Crippen molar-refractivity contribution in [1.82, 2.24) is 19.3 Å². The fourth-order valence-corrected chi connectivity index (χ4v) is 4.31. The van der Waals surface area contributed by atoms with Gasteiger partial charge in [-0.05, 0) is 45.0 Å². The predicted octanol–water partition coefficient (Wildman–Crippen LogP) is 4.77. The monoisotopic (exact) mass is 406 g/mol. The molecule has 0 saturated heterocycles. The maximum atomic E-state index is 12.9. The Morgan fingerprint density at radius 1 is 1.10 bits per heavy atom. The van der Waals surface area contributed by atoms with Crippen LogP contribution in [-0.2, 0) is 7.05 Å². The first-order chi connectivity index (χ1) is 14.0. The second kappa shape index (κ2) is 7.75. The number of carbonyl (C=O) groups excluding carboxylic acids is 1. The molecule has 0 radical (unpaired) electrons. The molecule has 0 atom stereocenters. The van der Waals surface area contributed by atoms with Gasteiger partial charge in [0.1, 0.15) is 5.76 Å². The first-order valence-corrected chi connectivity index (χ1v) is 10.3. The second-order valence-electron chi connectivity index (χ2n) is 6.92. The number of benzene rings is 1. The van der Waals surface area contributed by atoms with Crippen LogP contribution in [0, 0.1) is 20.8 Å². The summed E-state index contributed by atoms with van der Waals surface area (Å²) in [5.74, 6) is 1.90. The summed E-state index contributed by atoms with van der Waals surface area (Å²) >= 11 is 1.39. The Bertz CT molecular complexity index is 1170. The number of hydrogen-bond donors (Lipinski definition) is 0. The van der Waals surface area contributed by atoms with Gasteiger partial charge in [-0.15, -0.1) is 10.2 Å². The third-order valence-corrected chi connectivity index (χ3v) is 6.03. The summed E-state index contributed by atoms with van der Waals surface area (Å²) in [6.45, 7) is 5.90. The van der Waals surface area contributed by atoms with Gasteiger partial charge in [0.25, 0.3) is 0 Å². The fraction of sp³-hybridized carbons (Fsp3) is 0.227. The van der Waals surface area contributed by atoms with E-state index in [0.717, 1.165) is 39.8 Å². The van der Waals surface area contributed by atoms with Gasteiger partial charge in [-0.25, -0.2) is 0 Å². The number of nitrogens with zero attached hydrogens (tertiary/aromatic N) is 4. The molecule has 0 aliphatic carbocycles. The molecule has 4 rings (SSSR count). The first kappa shape index (κ1) is 19.3. The van der Waals surface area contributed by atoms with Crippen LogP contribution in [0.15, 0.2) is 58.3 Å². The summed E-state index contributed by atoms with van der Waals surface area (Å²) in [4.78, 5) is 12.9. The van der Waals surface area contributed by atoms with E-state index in [9.17, 15) is 4.79 Å². The Kier molecular flexibility index (Phi) is 5.15. The predicted molar refractivity (Wildman–Crippen MR) is 114 cm³/mol. The van der Waals surface area contributed by atoms with Crippen molar-refractivity contribution in [2.75, 3.05) is 5.75 Å². The lowest BCUT2D eigenvalue weighted by molar-refractivity contribution is 0.102. The lowest BCUT2D eigenvalue weighted by Gasteiger charge is -2.09. The summed E-state index contributed by atoms with van der Waals surface area (Å²) in [6, 6.07) is 13.9. The van der Waals surface area contributed by atoms with Gasteiger partial charge in [-0.2, -0.15) is 0 Å². The number of carbonyl (C=O) groups is 1. The number of aromatic nitrogens is 4. The third kappa shape index (κ3) is 3.53. The fourth-order valence-electron chi connectivity index (χ4n) is 3.52. The quantitative estimate of drug-likeness (QED) is 0.341. The molecular formula is C22H22N4O2S. The van der Waals surface area contributed by atoms with Crippen molar-refractivity contribution in [3.05, 3.63) is 71.4 Å². The van der Waals surface area contributed by atoms with Crippen LogP contribution in [0.5, 0.6) is 0 Å². The molecule has 0 spiro atoms. The molecule has 3 aromatic heterocycles. The Morgan fingerprint density at radius 3 is 2.55 bits per heavy atom. The molecule has 0 saturated carbocycles. The normalized spacial score (nSPS) is 11.2. The van der Waals surface area contributed by atoms with Crippen molar-refractivity contribution in [3.8, 4) is 17.1 Å².